The van der Waals surface area contributed by atoms with E-state index in [9.17, 15) is 0 Å². The fraction of sp³-hybridized carbons (Fsp3) is 0.148. The lowest BCUT2D eigenvalue weighted by molar-refractivity contribution is 0.130. The summed E-state index contributed by atoms with van der Waals surface area (Å²) in [5, 5.41) is 5.73. The summed E-state index contributed by atoms with van der Waals surface area (Å²) in [6, 6.07) is 28.6. The lowest BCUT2D eigenvalue weighted by atomic mass is 9.95. The Morgan fingerprint density at radius 3 is 2.22 bits per heavy atom. The normalized spacial score (nSPS) is 14.4. The second-order valence-corrected chi connectivity index (χ2v) is 8.74. The van der Waals surface area contributed by atoms with Gasteiger partial charge in [0, 0.05) is 27.0 Å². The van der Waals surface area contributed by atoms with E-state index in [2.05, 4.69) is 64.3 Å². The zero-order chi connectivity index (χ0) is 21.9. The molecular formula is C27H22Cl2N2O. The predicted octanol–water partition coefficient (Wildman–Crippen LogP) is 7.71. The molecule has 3 aromatic carbocycles. The second-order valence-electron chi connectivity index (χ2n) is 7.87. The van der Waals surface area contributed by atoms with Crippen molar-refractivity contribution in [1.29, 1.82) is 0 Å². The van der Waals surface area contributed by atoms with Gasteiger partial charge in [-0.3, -0.25) is 0 Å². The van der Waals surface area contributed by atoms with Crippen LogP contribution in [0, 0.1) is 0 Å². The molecule has 0 atom stereocenters. The molecule has 0 fully saturated rings. The minimum Gasteiger partial charge on any atom is -0.391 e. The smallest absolute Gasteiger partial charge is 0.142 e. The molecule has 5 rings (SSSR count). The number of rotatable bonds is 5. The molecular weight excluding hydrogens is 439 g/mol. The molecule has 1 aromatic heterocycles. The van der Waals surface area contributed by atoms with Gasteiger partial charge in [0.05, 0.1) is 11.4 Å². The molecule has 0 bridgehead atoms. The number of halogens is 2. The number of nitrogens with zero attached hydrogens (tertiary/aromatic N) is 2. The summed E-state index contributed by atoms with van der Waals surface area (Å²) in [5.74, 6) is 0. The van der Waals surface area contributed by atoms with Crippen LogP contribution < -0.4 is 0 Å². The maximum atomic E-state index is 6.10. The van der Waals surface area contributed by atoms with Crippen LogP contribution in [-0.2, 0) is 17.9 Å². The highest BCUT2D eigenvalue weighted by molar-refractivity contribution is 6.34. The largest absolute Gasteiger partial charge is 0.391 e. The summed E-state index contributed by atoms with van der Waals surface area (Å²) < 4.78 is 2.36. The maximum Gasteiger partial charge on any atom is 0.142 e. The van der Waals surface area contributed by atoms with E-state index in [-0.39, 0.29) is 0 Å². The molecule has 0 saturated heterocycles. The SMILES string of the molecule is Clc1cc(Cl)cc(CO/N=C2\CCCc3c2cc(-c2ccccc2)n3-c2ccccc2)c1. The van der Waals surface area contributed by atoms with E-state index in [1.165, 1.54) is 11.3 Å². The molecule has 1 aliphatic rings. The standard InChI is InChI=1S/C27H22Cl2N2O/c28-21-14-19(15-22(29)16-21)18-32-30-25-12-7-13-26-24(25)17-27(20-8-3-1-4-9-20)31(26)23-10-5-2-6-11-23/h1-6,8-11,14-17H,7,12-13,18H2/b30-25+. The van der Waals surface area contributed by atoms with E-state index in [0.717, 1.165) is 47.5 Å². The number of fused-ring (bicyclic) bond motifs is 1. The quantitative estimate of drug-likeness (QED) is 0.280. The molecule has 32 heavy (non-hydrogen) atoms. The van der Waals surface area contributed by atoms with Gasteiger partial charge in [0.25, 0.3) is 0 Å². The van der Waals surface area contributed by atoms with Crippen LogP contribution in [0.25, 0.3) is 16.9 Å². The molecule has 0 spiro atoms. The van der Waals surface area contributed by atoms with Crippen LogP contribution in [0.3, 0.4) is 0 Å². The third-order valence-corrected chi connectivity index (χ3v) is 6.09. The van der Waals surface area contributed by atoms with Gasteiger partial charge < -0.3 is 9.40 Å². The minimum absolute atomic E-state index is 0.323. The molecule has 0 aliphatic heterocycles. The monoisotopic (exact) mass is 460 g/mol. The molecule has 1 aliphatic carbocycles. The summed E-state index contributed by atoms with van der Waals surface area (Å²) >= 11 is 12.2. The van der Waals surface area contributed by atoms with E-state index in [0.29, 0.717) is 16.7 Å². The Labute approximate surface area is 197 Å². The number of hydrogen-bond donors (Lipinski definition) is 0. The molecule has 160 valence electrons. The lowest BCUT2D eigenvalue weighted by Gasteiger charge is -2.18. The van der Waals surface area contributed by atoms with E-state index >= 15 is 0 Å². The topological polar surface area (TPSA) is 26.5 Å². The zero-order valence-electron chi connectivity index (χ0n) is 17.5. The number of benzene rings is 3. The van der Waals surface area contributed by atoms with E-state index < -0.39 is 0 Å². The number of oxime groups is 1. The Morgan fingerprint density at radius 1 is 0.812 bits per heavy atom. The molecule has 0 amide bonds. The average Bonchev–Trinajstić information content (AvgIpc) is 3.20. The average molecular weight is 461 g/mol. The summed E-state index contributed by atoms with van der Waals surface area (Å²) in [5.41, 5.74) is 7.81. The van der Waals surface area contributed by atoms with Crippen LogP contribution >= 0.6 is 23.2 Å². The molecule has 0 N–H and O–H groups in total. The Morgan fingerprint density at radius 2 is 1.50 bits per heavy atom. The van der Waals surface area contributed by atoms with Crippen molar-refractivity contribution in [3.8, 4) is 16.9 Å². The van der Waals surface area contributed by atoms with E-state index in [4.69, 9.17) is 28.0 Å². The highest BCUT2D eigenvalue weighted by Crippen LogP contribution is 2.34. The van der Waals surface area contributed by atoms with Crippen molar-refractivity contribution in [2.75, 3.05) is 0 Å². The molecule has 3 nitrogen and oxygen atoms in total. The van der Waals surface area contributed by atoms with Gasteiger partial charge >= 0.3 is 0 Å². The first kappa shape index (κ1) is 20.9. The van der Waals surface area contributed by atoms with Gasteiger partial charge in [-0.25, -0.2) is 0 Å². The van der Waals surface area contributed by atoms with E-state index in [1.807, 2.05) is 24.3 Å². The van der Waals surface area contributed by atoms with Crippen molar-refractivity contribution in [3.05, 3.63) is 112 Å². The Balaban J connectivity index is 1.52. The van der Waals surface area contributed by atoms with Crippen molar-refractivity contribution >= 4 is 28.9 Å². The third kappa shape index (κ3) is 4.32. The summed E-state index contributed by atoms with van der Waals surface area (Å²) in [4.78, 5) is 5.75. The summed E-state index contributed by atoms with van der Waals surface area (Å²) in [6.07, 6.45) is 2.92. The van der Waals surface area contributed by atoms with Gasteiger partial charge in [0.1, 0.15) is 6.61 Å². The molecule has 1 heterocycles. The van der Waals surface area contributed by atoms with Crippen molar-refractivity contribution in [2.45, 2.75) is 25.9 Å². The maximum absolute atomic E-state index is 6.10. The third-order valence-electron chi connectivity index (χ3n) is 5.65. The minimum atomic E-state index is 0.323. The van der Waals surface area contributed by atoms with Crippen molar-refractivity contribution < 1.29 is 4.84 Å². The Bertz CT molecular complexity index is 1240. The lowest BCUT2D eigenvalue weighted by Crippen LogP contribution is -2.14. The van der Waals surface area contributed by atoms with Gasteiger partial charge in [-0.05, 0) is 66.8 Å². The number of para-hydroxylation sites is 1. The van der Waals surface area contributed by atoms with Crippen LogP contribution in [0.2, 0.25) is 10.0 Å². The fourth-order valence-corrected chi connectivity index (χ4v) is 4.84. The highest BCUT2D eigenvalue weighted by atomic mass is 35.5. The van der Waals surface area contributed by atoms with Crippen LogP contribution in [0.5, 0.6) is 0 Å². The first-order valence-corrected chi connectivity index (χ1v) is 11.4. The number of aromatic nitrogens is 1. The molecule has 5 heteroatoms. The Kier molecular flexibility index (Phi) is 6.02. The molecule has 0 radical (unpaired) electrons. The van der Waals surface area contributed by atoms with Gasteiger partial charge in [-0.2, -0.15) is 0 Å². The Hall–Kier alpha value is -3.01. The summed E-state index contributed by atoms with van der Waals surface area (Å²) in [7, 11) is 0. The van der Waals surface area contributed by atoms with Gasteiger partial charge in [0.2, 0.25) is 0 Å². The van der Waals surface area contributed by atoms with Gasteiger partial charge in [-0.15, -0.1) is 0 Å². The molecule has 0 unspecified atom stereocenters. The zero-order valence-corrected chi connectivity index (χ0v) is 19.0. The predicted molar refractivity (Wildman–Crippen MR) is 132 cm³/mol. The second kappa shape index (κ2) is 9.23. The first-order valence-electron chi connectivity index (χ1n) is 10.7. The van der Waals surface area contributed by atoms with Crippen molar-refractivity contribution in [3.63, 3.8) is 0 Å². The molecule has 4 aromatic rings. The van der Waals surface area contributed by atoms with Crippen LogP contribution in [0.15, 0.2) is 90.1 Å². The van der Waals surface area contributed by atoms with Gasteiger partial charge in [-0.1, -0.05) is 76.9 Å². The summed E-state index contributed by atoms with van der Waals surface area (Å²) in [6.45, 7) is 0.323. The number of hydrogen-bond acceptors (Lipinski definition) is 2. The fourth-order valence-electron chi connectivity index (χ4n) is 4.27. The van der Waals surface area contributed by atoms with Crippen molar-refractivity contribution in [2.24, 2.45) is 5.16 Å². The van der Waals surface area contributed by atoms with Crippen LogP contribution in [0.1, 0.15) is 29.7 Å². The van der Waals surface area contributed by atoms with Crippen LogP contribution in [-0.4, -0.2) is 10.3 Å². The first-order chi connectivity index (χ1) is 15.7. The van der Waals surface area contributed by atoms with E-state index in [1.54, 1.807) is 6.07 Å². The van der Waals surface area contributed by atoms with Crippen LogP contribution in [0.4, 0.5) is 0 Å². The molecule has 0 saturated carbocycles. The van der Waals surface area contributed by atoms with Crippen molar-refractivity contribution in [1.82, 2.24) is 4.57 Å². The van der Waals surface area contributed by atoms with Gasteiger partial charge in [0.15, 0.2) is 0 Å². The highest BCUT2D eigenvalue weighted by Gasteiger charge is 2.24.